The summed E-state index contributed by atoms with van der Waals surface area (Å²) in [5, 5.41) is 9.76. The van der Waals surface area contributed by atoms with Gasteiger partial charge in [-0.15, -0.1) is 0 Å². The van der Waals surface area contributed by atoms with Gasteiger partial charge in [-0.1, -0.05) is 11.4 Å². The first kappa shape index (κ1) is 18.5. The monoisotopic (exact) mass is 337 g/mol. The molecule has 1 rings (SSSR count). The van der Waals surface area contributed by atoms with Crippen LogP contribution in [0.1, 0.15) is 12.5 Å². The lowest BCUT2D eigenvalue weighted by molar-refractivity contribution is 0.183. The van der Waals surface area contributed by atoms with Crippen molar-refractivity contribution in [3.63, 3.8) is 0 Å². The van der Waals surface area contributed by atoms with Crippen molar-refractivity contribution in [3.05, 3.63) is 17.7 Å². The predicted molar refractivity (Wildman–Crippen MR) is 79.8 cm³/mol. The molecule has 0 saturated carbocycles. The first-order valence-corrected chi connectivity index (χ1v) is 8.14. The molecule has 0 bridgehead atoms. The Kier molecular flexibility index (Phi) is 6.39. The van der Waals surface area contributed by atoms with E-state index < -0.39 is 28.5 Å². The van der Waals surface area contributed by atoms with Crippen LogP contribution in [-0.2, 0) is 16.5 Å². The Bertz CT molecular complexity index is 607. The highest BCUT2D eigenvalue weighted by molar-refractivity contribution is 7.85. The van der Waals surface area contributed by atoms with E-state index in [1.165, 1.54) is 20.3 Å². The second-order valence-corrected chi connectivity index (χ2v) is 6.13. The summed E-state index contributed by atoms with van der Waals surface area (Å²) in [6.07, 6.45) is -1.13. The molecule has 22 heavy (non-hydrogen) atoms. The molecule has 1 aromatic carbocycles. The highest BCUT2D eigenvalue weighted by atomic mass is 32.2. The second kappa shape index (κ2) is 7.61. The number of benzene rings is 1. The van der Waals surface area contributed by atoms with E-state index in [0.717, 1.165) is 0 Å². The van der Waals surface area contributed by atoms with E-state index in [2.05, 4.69) is 0 Å². The summed E-state index contributed by atoms with van der Waals surface area (Å²) in [6.45, 7) is 1.18. The number of rotatable bonds is 8. The van der Waals surface area contributed by atoms with Crippen molar-refractivity contribution in [1.82, 2.24) is 0 Å². The van der Waals surface area contributed by atoms with Crippen LogP contribution in [0.2, 0.25) is 0 Å². The van der Waals surface area contributed by atoms with Crippen LogP contribution in [0.15, 0.2) is 12.1 Å². The molecule has 0 radical (unpaired) electrons. The van der Waals surface area contributed by atoms with Gasteiger partial charge in [0.15, 0.2) is 0 Å². The Morgan fingerprint density at radius 1 is 1.32 bits per heavy atom. The summed E-state index contributed by atoms with van der Waals surface area (Å²) in [5.41, 5.74) is 0.651. The first-order valence-electron chi connectivity index (χ1n) is 6.53. The van der Waals surface area contributed by atoms with Crippen molar-refractivity contribution in [2.24, 2.45) is 0 Å². The number of aliphatic hydroxyl groups is 1. The summed E-state index contributed by atoms with van der Waals surface area (Å²) in [5.74, 6) is -0.171. The maximum atomic E-state index is 14.3. The number of hydrogen-bond acceptors (Lipinski definition) is 6. The summed E-state index contributed by atoms with van der Waals surface area (Å²) in [4.78, 5) is 0. The minimum Gasteiger partial charge on any atom is -0.497 e. The van der Waals surface area contributed by atoms with E-state index in [-0.39, 0.29) is 10.8 Å². The summed E-state index contributed by atoms with van der Waals surface area (Å²) < 4.78 is 54.6. The zero-order valence-electron chi connectivity index (χ0n) is 12.6. The molecule has 0 aliphatic carbocycles. The maximum Gasteiger partial charge on any atom is 0.267 e. The Hall–Kier alpha value is -1.58. The van der Waals surface area contributed by atoms with Gasteiger partial charge in [0.05, 0.1) is 32.6 Å². The van der Waals surface area contributed by atoms with Gasteiger partial charge in [-0.05, 0) is 6.42 Å². The average molecular weight is 337 g/mol. The van der Waals surface area contributed by atoms with E-state index in [0.29, 0.717) is 23.5 Å². The molecule has 0 spiro atoms. The lowest BCUT2D eigenvalue weighted by atomic mass is 10.1. The molecule has 7 nitrogen and oxygen atoms in total. The maximum absolute atomic E-state index is 14.3. The molecule has 0 fully saturated rings. The number of hydrogen-bond donors (Lipinski definition) is 2. The Morgan fingerprint density at radius 2 is 1.95 bits per heavy atom. The van der Waals surface area contributed by atoms with Crippen LogP contribution >= 0.6 is 0 Å². The van der Waals surface area contributed by atoms with Crippen LogP contribution in [0.3, 0.4) is 0 Å². The van der Waals surface area contributed by atoms with Gasteiger partial charge in [0.2, 0.25) is 0 Å². The minimum atomic E-state index is -4.39. The molecule has 0 amide bonds. The zero-order chi connectivity index (χ0) is 16.9. The fourth-order valence-corrected chi connectivity index (χ4v) is 2.65. The molecular weight excluding hydrogens is 317 g/mol. The Morgan fingerprint density at radius 3 is 2.41 bits per heavy atom. The van der Waals surface area contributed by atoms with Gasteiger partial charge in [-0.3, -0.25) is 4.55 Å². The van der Waals surface area contributed by atoms with Crippen LogP contribution in [0.5, 0.6) is 11.5 Å². The fourth-order valence-electron chi connectivity index (χ4n) is 2.06. The molecule has 1 atom stereocenters. The van der Waals surface area contributed by atoms with Gasteiger partial charge in [0, 0.05) is 17.7 Å². The lowest BCUT2D eigenvalue weighted by Crippen LogP contribution is -2.32. The summed E-state index contributed by atoms with van der Waals surface area (Å²) in [7, 11) is -1.53. The summed E-state index contributed by atoms with van der Waals surface area (Å²) in [6, 6.07) is 3.02. The average Bonchev–Trinajstić information content (AvgIpc) is 2.43. The highest BCUT2D eigenvalue weighted by Gasteiger charge is 2.22. The van der Waals surface area contributed by atoms with E-state index in [1.54, 1.807) is 13.0 Å². The Balaban J connectivity index is 3.07. The van der Waals surface area contributed by atoms with Crippen LogP contribution in [0.4, 0.5) is 10.2 Å². The standard InChI is InChI=1S/C13H20FNO6S/c1-4-11-12(5-10(20-2)6-13(11)21-3)15(14)7-9(16)8-22(17,18)19/h5-6,9,16H,4,7-8H2,1-3H3,(H,17,18,19). The molecule has 9 heteroatoms. The normalized spacial score (nSPS) is 12.8. The largest absolute Gasteiger partial charge is 0.497 e. The van der Waals surface area contributed by atoms with Gasteiger partial charge < -0.3 is 14.6 Å². The van der Waals surface area contributed by atoms with E-state index in [4.69, 9.17) is 14.0 Å². The van der Waals surface area contributed by atoms with Gasteiger partial charge >= 0.3 is 0 Å². The van der Waals surface area contributed by atoms with Gasteiger partial charge in [0.1, 0.15) is 17.3 Å². The van der Waals surface area contributed by atoms with Crippen molar-refractivity contribution in [3.8, 4) is 11.5 Å². The third kappa shape index (κ3) is 5.00. The van der Waals surface area contributed by atoms with E-state index >= 15 is 0 Å². The van der Waals surface area contributed by atoms with Crippen molar-refractivity contribution in [1.29, 1.82) is 0 Å². The second-order valence-electron chi connectivity index (χ2n) is 4.63. The van der Waals surface area contributed by atoms with Gasteiger partial charge in [0.25, 0.3) is 10.1 Å². The number of nitrogens with zero attached hydrogens (tertiary/aromatic N) is 1. The number of ether oxygens (including phenoxy) is 2. The molecule has 0 aliphatic rings. The number of methoxy groups -OCH3 is 2. The van der Waals surface area contributed by atoms with Crippen LogP contribution < -0.4 is 14.6 Å². The van der Waals surface area contributed by atoms with E-state index in [9.17, 15) is 18.0 Å². The molecule has 0 heterocycles. The molecule has 2 N–H and O–H groups in total. The van der Waals surface area contributed by atoms with Crippen LogP contribution in [0.25, 0.3) is 0 Å². The lowest BCUT2D eigenvalue weighted by Gasteiger charge is -2.22. The molecule has 0 aliphatic heterocycles. The summed E-state index contributed by atoms with van der Waals surface area (Å²) >= 11 is 0. The quantitative estimate of drug-likeness (QED) is 0.543. The highest BCUT2D eigenvalue weighted by Crippen LogP contribution is 2.35. The van der Waals surface area contributed by atoms with Crippen LogP contribution in [0, 0.1) is 0 Å². The van der Waals surface area contributed by atoms with Crippen molar-refractivity contribution in [2.75, 3.05) is 31.6 Å². The van der Waals surface area contributed by atoms with Crippen LogP contribution in [-0.4, -0.2) is 50.7 Å². The topological polar surface area (TPSA) is 96.3 Å². The molecule has 1 unspecified atom stereocenters. The molecule has 0 aromatic heterocycles. The first-order chi connectivity index (χ1) is 10.2. The fraction of sp³-hybridized carbons (Fsp3) is 0.538. The molecule has 1 aromatic rings. The Labute approximate surface area is 128 Å². The van der Waals surface area contributed by atoms with E-state index in [1.807, 2.05) is 0 Å². The van der Waals surface area contributed by atoms with Crippen molar-refractivity contribution < 1.29 is 32.0 Å². The predicted octanol–water partition coefficient (Wildman–Crippen LogP) is 1.21. The molecule has 126 valence electrons. The molecule has 0 saturated heterocycles. The number of anilines is 1. The number of aliphatic hydroxyl groups excluding tert-OH is 1. The third-order valence-corrected chi connectivity index (χ3v) is 3.81. The van der Waals surface area contributed by atoms with Gasteiger partial charge in [-0.25, -0.2) is 5.12 Å². The number of halogens is 1. The van der Waals surface area contributed by atoms with Crippen molar-refractivity contribution in [2.45, 2.75) is 19.4 Å². The molecular formula is C13H20FNO6S. The minimum absolute atomic E-state index is 0.105. The zero-order valence-corrected chi connectivity index (χ0v) is 13.4. The van der Waals surface area contributed by atoms with Crippen molar-refractivity contribution >= 4 is 15.8 Å². The third-order valence-electron chi connectivity index (χ3n) is 3.00. The SMILES string of the molecule is CCc1c(OC)cc(OC)cc1N(F)CC(O)CS(=O)(=O)O. The van der Waals surface area contributed by atoms with Gasteiger partial charge in [-0.2, -0.15) is 8.42 Å². The smallest absolute Gasteiger partial charge is 0.267 e.